The predicted octanol–water partition coefficient (Wildman–Crippen LogP) is 1.57. The molecule has 1 rings (SSSR count). The highest BCUT2D eigenvalue weighted by Gasteiger charge is 2.03. The Morgan fingerprint density at radius 3 is 2.62 bits per heavy atom. The number of rotatable bonds is 6. The van der Waals surface area contributed by atoms with Gasteiger partial charge in [-0.05, 0) is 43.5 Å². The molecule has 0 heterocycles. The first-order valence-corrected chi connectivity index (χ1v) is 5.67. The quantitative estimate of drug-likeness (QED) is 0.719. The van der Waals surface area contributed by atoms with Crippen molar-refractivity contribution in [2.45, 2.75) is 20.8 Å². The summed E-state index contributed by atoms with van der Waals surface area (Å²) in [5.74, 6) is 0.961. The summed E-state index contributed by atoms with van der Waals surface area (Å²) in [6, 6.07) is 4.22. The van der Waals surface area contributed by atoms with Crippen LogP contribution in [-0.4, -0.2) is 31.4 Å². The van der Waals surface area contributed by atoms with Gasteiger partial charge in [0.05, 0.1) is 6.61 Å². The van der Waals surface area contributed by atoms with Gasteiger partial charge in [-0.25, -0.2) is 0 Å². The molecule has 0 unspecified atom stereocenters. The van der Waals surface area contributed by atoms with Gasteiger partial charge in [-0.2, -0.15) is 0 Å². The molecule has 0 atom stereocenters. The SMILES string of the molecule is Cc1cc(C)c(C)c(OCCNCCO)c1. The maximum Gasteiger partial charge on any atom is 0.122 e. The molecule has 0 amide bonds. The van der Waals surface area contributed by atoms with Crippen LogP contribution < -0.4 is 10.1 Å². The summed E-state index contributed by atoms with van der Waals surface area (Å²) in [5.41, 5.74) is 3.69. The highest BCUT2D eigenvalue weighted by atomic mass is 16.5. The van der Waals surface area contributed by atoms with E-state index in [0.717, 1.165) is 12.3 Å². The number of aliphatic hydroxyl groups is 1. The van der Waals surface area contributed by atoms with Crippen molar-refractivity contribution in [1.82, 2.24) is 5.32 Å². The zero-order valence-electron chi connectivity index (χ0n) is 10.3. The van der Waals surface area contributed by atoms with Crippen molar-refractivity contribution < 1.29 is 9.84 Å². The Kier molecular flexibility index (Phi) is 5.29. The Bertz CT molecular complexity index is 337. The Morgan fingerprint density at radius 2 is 1.94 bits per heavy atom. The van der Waals surface area contributed by atoms with Crippen molar-refractivity contribution in [3.05, 3.63) is 28.8 Å². The second kappa shape index (κ2) is 6.51. The number of ether oxygens (including phenoxy) is 1. The van der Waals surface area contributed by atoms with Crippen molar-refractivity contribution in [2.75, 3.05) is 26.3 Å². The van der Waals surface area contributed by atoms with Crippen molar-refractivity contribution in [2.24, 2.45) is 0 Å². The number of nitrogens with one attached hydrogen (secondary N) is 1. The molecule has 2 N–H and O–H groups in total. The molecular formula is C13H21NO2. The van der Waals surface area contributed by atoms with Crippen molar-refractivity contribution in [3.8, 4) is 5.75 Å². The summed E-state index contributed by atoms with van der Waals surface area (Å²) in [4.78, 5) is 0. The Morgan fingerprint density at radius 1 is 1.19 bits per heavy atom. The maximum absolute atomic E-state index is 8.60. The molecule has 0 radical (unpaired) electrons. The van der Waals surface area contributed by atoms with Gasteiger partial charge in [0.2, 0.25) is 0 Å². The van der Waals surface area contributed by atoms with Gasteiger partial charge in [-0.1, -0.05) is 6.07 Å². The lowest BCUT2D eigenvalue weighted by Gasteiger charge is -2.12. The van der Waals surface area contributed by atoms with Crippen molar-refractivity contribution in [3.63, 3.8) is 0 Å². The van der Waals surface area contributed by atoms with Crippen LogP contribution in [0.3, 0.4) is 0 Å². The number of aryl methyl sites for hydroxylation is 2. The first-order valence-electron chi connectivity index (χ1n) is 5.67. The largest absolute Gasteiger partial charge is 0.492 e. The van der Waals surface area contributed by atoms with Gasteiger partial charge in [0.15, 0.2) is 0 Å². The van der Waals surface area contributed by atoms with Gasteiger partial charge < -0.3 is 15.2 Å². The van der Waals surface area contributed by atoms with E-state index in [4.69, 9.17) is 9.84 Å². The molecule has 1 aromatic carbocycles. The molecule has 3 nitrogen and oxygen atoms in total. The Labute approximate surface area is 97.4 Å². The minimum Gasteiger partial charge on any atom is -0.492 e. The van der Waals surface area contributed by atoms with Crippen LogP contribution in [0.15, 0.2) is 12.1 Å². The van der Waals surface area contributed by atoms with Gasteiger partial charge in [0.1, 0.15) is 12.4 Å². The minimum atomic E-state index is 0.169. The highest BCUT2D eigenvalue weighted by Crippen LogP contribution is 2.22. The van der Waals surface area contributed by atoms with Gasteiger partial charge >= 0.3 is 0 Å². The molecule has 16 heavy (non-hydrogen) atoms. The molecule has 0 spiro atoms. The summed E-state index contributed by atoms with van der Waals surface area (Å²) in [6.07, 6.45) is 0. The average molecular weight is 223 g/mol. The van der Waals surface area contributed by atoms with Crippen LogP contribution in [0.1, 0.15) is 16.7 Å². The molecule has 3 heteroatoms. The molecule has 0 aliphatic heterocycles. The Balaban J connectivity index is 2.47. The van der Waals surface area contributed by atoms with Gasteiger partial charge in [0.25, 0.3) is 0 Å². The lowest BCUT2D eigenvalue weighted by atomic mass is 10.1. The second-order valence-corrected chi connectivity index (χ2v) is 4.03. The van der Waals surface area contributed by atoms with Crippen LogP contribution >= 0.6 is 0 Å². The molecular weight excluding hydrogens is 202 g/mol. The number of benzene rings is 1. The lowest BCUT2D eigenvalue weighted by molar-refractivity contribution is 0.275. The molecule has 0 saturated carbocycles. The second-order valence-electron chi connectivity index (χ2n) is 4.03. The fourth-order valence-corrected chi connectivity index (χ4v) is 1.59. The van der Waals surface area contributed by atoms with E-state index in [1.54, 1.807) is 0 Å². The summed E-state index contributed by atoms with van der Waals surface area (Å²) in [6.45, 7) is 8.42. The van der Waals surface area contributed by atoms with E-state index in [-0.39, 0.29) is 6.61 Å². The molecule has 90 valence electrons. The third-order valence-corrected chi connectivity index (χ3v) is 2.59. The van der Waals surface area contributed by atoms with Crippen LogP contribution in [0.4, 0.5) is 0 Å². The molecule has 0 saturated heterocycles. The van der Waals surface area contributed by atoms with Gasteiger partial charge in [-0.3, -0.25) is 0 Å². The highest BCUT2D eigenvalue weighted by molar-refractivity contribution is 5.41. The third-order valence-electron chi connectivity index (χ3n) is 2.59. The van der Waals surface area contributed by atoms with E-state index in [2.05, 4.69) is 38.2 Å². The Hall–Kier alpha value is -1.06. The van der Waals surface area contributed by atoms with E-state index in [0.29, 0.717) is 13.2 Å². The summed E-state index contributed by atoms with van der Waals surface area (Å²) in [5, 5.41) is 11.7. The normalized spacial score (nSPS) is 10.5. The van der Waals surface area contributed by atoms with E-state index >= 15 is 0 Å². The summed E-state index contributed by atoms with van der Waals surface area (Å²) < 4.78 is 5.70. The molecule has 0 fully saturated rings. The van der Waals surface area contributed by atoms with Gasteiger partial charge in [-0.15, -0.1) is 0 Å². The van der Waals surface area contributed by atoms with Crippen LogP contribution in [0.5, 0.6) is 5.75 Å². The van der Waals surface area contributed by atoms with E-state index in [1.807, 2.05) is 0 Å². The topological polar surface area (TPSA) is 41.5 Å². The zero-order chi connectivity index (χ0) is 12.0. The van der Waals surface area contributed by atoms with E-state index in [9.17, 15) is 0 Å². The summed E-state index contributed by atoms with van der Waals surface area (Å²) in [7, 11) is 0. The standard InChI is InChI=1S/C13H21NO2/c1-10-8-11(2)12(3)13(9-10)16-7-5-14-4-6-15/h8-9,14-15H,4-7H2,1-3H3. The first-order chi connectivity index (χ1) is 7.65. The number of aliphatic hydroxyl groups excluding tert-OH is 1. The van der Waals surface area contributed by atoms with Crippen molar-refractivity contribution >= 4 is 0 Å². The van der Waals surface area contributed by atoms with Crippen LogP contribution in [0.2, 0.25) is 0 Å². The zero-order valence-corrected chi connectivity index (χ0v) is 10.3. The van der Waals surface area contributed by atoms with Crippen LogP contribution in [0, 0.1) is 20.8 Å². The maximum atomic E-state index is 8.60. The number of hydrogen-bond acceptors (Lipinski definition) is 3. The lowest BCUT2D eigenvalue weighted by Crippen LogP contribution is -2.24. The average Bonchev–Trinajstić information content (AvgIpc) is 2.24. The van der Waals surface area contributed by atoms with E-state index < -0.39 is 0 Å². The first kappa shape index (κ1) is 13.0. The molecule has 0 aliphatic rings. The number of hydrogen-bond donors (Lipinski definition) is 2. The fourth-order valence-electron chi connectivity index (χ4n) is 1.59. The monoisotopic (exact) mass is 223 g/mol. The molecule has 0 aromatic heterocycles. The van der Waals surface area contributed by atoms with Gasteiger partial charge in [0, 0.05) is 13.1 Å². The van der Waals surface area contributed by atoms with E-state index in [1.165, 1.54) is 16.7 Å². The molecule has 1 aromatic rings. The third kappa shape index (κ3) is 3.83. The smallest absolute Gasteiger partial charge is 0.122 e. The fraction of sp³-hybridized carbons (Fsp3) is 0.538. The van der Waals surface area contributed by atoms with Crippen molar-refractivity contribution in [1.29, 1.82) is 0 Å². The molecule has 0 bridgehead atoms. The summed E-state index contributed by atoms with van der Waals surface area (Å²) >= 11 is 0. The van der Waals surface area contributed by atoms with Crippen LogP contribution in [0.25, 0.3) is 0 Å². The minimum absolute atomic E-state index is 0.169. The van der Waals surface area contributed by atoms with Crippen LogP contribution in [-0.2, 0) is 0 Å². The predicted molar refractivity (Wildman–Crippen MR) is 66.1 cm³/mol. The molecule has 0 aliphatic carbocycles.